The Morgan fingerprint density at radius 3 is 1.64 bits per heavy atom. The summed E-state index contributed by atoms with van der Waals surface area (Å²) in [6, 6.07) is 0.322. The lowest BCUT2D eigenvalue weighted by Crippen LogP contribution is -2.59. The summed E-state index contributed by atoms with van der Waals surface area (Å²) < 4.78 is 0.818. The molecule has 14 heavy (non-hydrogen) atoms. The molecule has 0 aromatic rings. The minimum absolute atomic E-state index is 0.322. The van der Waals surface area contributed by atoms with E-state index in [9.17, 15) is 0 Å². The second-order valence-corrected chi connectivity index (χ2v) is 4.90. The Labute approximate surface area is 88.2 Å². The molecule has 0 rings (SSSR count). The van der Waals surface area contributed by atoms with Gasteiger partial charge in [-0.1, -0.05) is 20.8 Å². The van der Waals surface area contributed by atoms with Gasteiger partial charge in [0.2, 0.25) is 0 Å². The summed E-state index contributed by atoms with van der Waals surface area (Å²) in [7, 11) is 6.44. The Morgan fingerprint density at radius 2 is 1.57 bits per heavy atom. The van der Waals surface area contributed by atoms with E-state index in [0.29, 0.717) is 6.04 Å². The van der Waals surface area contributed by atoms with Crippen LogP contribution in [-0.2, 0) is 4.89 Å². The fourth-order valence-corrected chi connectivity index (χ4v) is 2.54. The SMILES string of the molecule is CCC(C(CC)(CC)OO)[N+](C)(C)C. The van der Waals surface area contributed by atoms with Crippen molar-refractivity contribution in [2.45, 2.75) is 51.7 Å². The molecule has 0 bridgehead atoms. The van der Waals surface area contributed by atoms with E-state index in [1.54, 1.807) is 0 Å². The third kappa shape index (κ3) is 2.69. The van der Waals surface area contributed by atoms with Crippen LogP contribution in [0.4, 0.5) is 0 Å². The molecule has 0 aliphatic heterocycles. The Balaban J connectivity index is 4.94. The molecule has 0 amide bonds. The van der Waals surface area contributed by atoms with Gasteiger partial charge < -0.3 is 4.48 Å². The van der Waals surface area contributed by atoms with Gasteiger partial charge in [-0.25, -0.2) is 4.89 Å². The first-order valence-electron chi connectivity index (χ1n) is 5.51. The first kappa shape index (κ1) is 13.9. The van der Waals surface area contributed by atoms with Crippen LogP contribution in [0.3, 0.4) is 0 Å². The van der Waals surface area contributed by atoms with Crippen molar-refractivity contribution in [3.8, 4) is 0 Å². The van der Waals surface area contributed by atoms with Crippen molar-refractivity contribution in [1.82, 2.24) is 0 Å². The second-order valence-electron chi connectivity index (χ2n) is 4.90. The van der Waals surface area contributed by atoms with Crippen LogP contribution in [0.1, 0.15) is 40.0 Å². The third-order valence-corrected chi connectivity index (χ3v) is 3.31. The molecule has 0 aliphatic rings. The Morgan fingerprint density at radius 1 is 1.14 bits per heavy atom. The van der Waals surface area contributed by atoms with Crippen LogP contribution in [0, 0.1) is 0 Å². The van der Waals surface area contributed by atoms with Crippen molar-refractivity contribution in [2.24, 2.45) is 0 Å². The number of nitrogens with zero attached hydrogens (tertiary/aromatic N) is 1. The topological polar surface area (TPSA) is 29.5 Å². The van der Waals surface area contributed by atoms with E-state index in [2.05, 4.69) is 41.9 Å². The maximum Gasteiger partial charge on any atom is 0.154 e. The minimum atomic E-state index is -0.396. The van der Waals surface area contributed by atoms with Gasteiger partial charge in [-0.3, -0.25) is 5.26 Å². The number of rotatable bonds is 6. The van der Waals surface area contributed by atoms with Crippen LogP contribution >= 0.6 is 0 Å². The average molecular weight is 204 g/mol. The summed E-state index contributed by atoms with van der Waals surface area (Å²) in [5.41, 5.74) is -0.396. The molecular weight excluding hydrogens is 178 g/mol. The average Bonchev–Trinajstić information content (AvgIpc) is 2.12. The predicted molar refractivity (Wildman–Crippen MR) is 59.1 cm³/mol. The molecule has 3 heteroatoms. The van der Waals surface area contributed by atoms with Crippen molar-refractivity contribution >= 4 is 0 Å². The van der Waals surface area contributed by atoms with E-state index in [-0.39, 0.29) is 0 Å². The van der Waals surface area contributed by atoms with Crippen LogP contribution in [-0.4, -0.2) is 42.5 Å². The first-order chi connectivity index (χ1) is 6.37. The molecule has 0 saturated heterocycles. The molecule has 0 aromatic heterocycles. The monoisotopic (exact) mass is 204 g/mol. The van der Waals surface area contributed by atoms with E-state index >= 15 is 0 Å². The van der Waals surface area contributed by atoms with Crippen molar-refractivity contribution in [3.63, 3.8) is 0 Å². The van der Waals surface area contributed by atoms with E-state index in [0.717, 1.165) is 23.7 Å². The summed E-state index contributed by atoms with van der Waals surface area (Å²) in [5.74, 6) is 0. The van der Waals surface area contributed by atoms with Crippen LogP contribution in [0.15, 0.2) is 0 Å². The van der Waals surface area contributed by atoms with E-state index in [1.165, 1.54) is 0 Å². The predicted octanol–water partition coefficient (Wildman–Crippen LogP) is 2.52. The molecule has 0 aliphatic carbocycles. The molecule has 0 saturated carbocycles. The fourth-order valence-electron chi connectivity index (χ4n) is 2.54. The highest BCUT2D eigenvalue weighted by atomic mass is 17.1. The van der Waals surface area contributed by atoms with Gasteiger partial charge in [-0.2, -0.15) is 0 Å². The summed E-state index contributed by atoms with van der Waals surface area (Å²) in [4.78, 5) is 4.80. The highest BCUT2D eigenvalue weighted by Crippen LogP contribution is 2.31. The summed E-state index contributed by atoms with van der Waals surface area (Å²) in [5, 5.41) is 9.13. The fraction of sp³-hybridized carbons (Fsp3) is 1.00. The highest BCUT2D eigenvalue weighted by molar-refractivity contribution is 4.85. The van der Waals surface area contributed by atoms with Crippen molar-refractivity contribution in [1.29, 1.82) is 0 Å². The lowest BCUT2D eigenvalue weighted by atomic mass is 9.85. The molecule has 0 aromatic carbocycles. The summed E-state index contributed by atoms with van der Waals surface area (Å²) in [6.45, 7) is 6.28. The maximum atomic E-state index is 9.13. The Kier molecular flexibility index (Phi) is 5.06. The number of hydrogen-bond acceptors (Lipinski definition) is 2. The van der Waals surface area contributed by atoms with E-state index < -0.39 is 5.60 Å². The first-order valence-corrected chi connectivity index (χ1v) is 5.51. The Bertz CT molecular complexity index is 151. The van der Waals surface area contributed by atoms with Gasteiger partial charge in [0.1, 0.15) is 6.04 Å². The van der Waals surface area contributed by atoms with Crippen molar-refractivity contribution in [2.75, 3.05) is 21.1 Å². The minimum Gasteiger partial charge on any atom is -0.326 e. The zero-order valence-electron chi connectivity index (χ0n) is 10.5. The second kappa shape index (κ2) is 5.10. The van der Waals surface area contributed by atoms with Crippen LogP contribution in [0.25, 0.3) is 0 Å². The van der Waals surface area contributed by atoms with Crippen LogP contribution in [0.2, 0.25) is 0 Å². The van der Waals surface area contributed by atoms with E-state index in [1.807, 2.05) is 0 Å². The van der Waals surface area contributed by atoms with Gasteiger partial charge in [0, 0.05) is 0 Å². The number of quaternary nitrogens is 1. The van der Waals surface area contributed by atoms with Crippen molar-refractivity contribution < 1.29 is 14.6 Å². The number of hydrogen-bond donors (Lipinski definition) is 1. The van der Waals surface area contributed by atoms with Crippen LogP contribution < -0.4 is 0 Å². The lowest BCUT2D eigenvalue weighted by molar-refractivity contribution is -0.906. The molecule has 0 radical (unpaired) electrons. The van der Waals surface area contributed by atoms with Crippen LogP contribution in [0.5, 0.6) is 0 Å². The molecule has 0 heterocycles. The third-order valence-electron chi connectivity index (χ3n) is 3.31. The molecule has 3 nitrogen and oxygen atoms in total. The molecular formula is C11H26NO2+. The maximum absolute atomic E-state index is 9.13. The van der Waals surface area contributed by atoms with Gasteiger partial charge in [0.15, 0.2) is 5.60 Å². The molecule has 1 atom stereocenters. The quantitative estimate of drug-likeness (QED) is 0.409. The zero-order chi connectivity index (χ0) is 11.4. The largest absolute Gasteiger partial charge is 0.326 e. The van der Waals surface area contributed by atoms with Crippen molar-refractivity contribution in [3.05, 3.63) is 0 Å². The van der Waals surface area contributed by atoms with Gasteiger partial charge in [-0.05, 0) is 19.3 Å². The van der Waals surface area contributed by atoms with E-state index in [4.69, 9.17) is 10.1 Å². The zero-order valence-corrected chi connectivity index (χ0v) is 10.5. The van der Waals surface area contributed by atoms with Gasteiger partial charge in [0.25, 0.3) is 0 Å². The Hall–Kier alpha value is -0.120. The molecule has 0 spiro atoms. The smallest absolute Gasteiger partial charge is 0.154 e. The lowest BCUT2D eigenvalue weighted by Gasteiger charge is -2.44. The summed E-state index contributed by atoms with van der Waals surface area (Å²) >= 11 is 0. The van der Waals surface area contributed by atoms with Gasteiger partial charge in [-0.15, -0.1) is 0 Å². The standard InChI is InChI=1S/C11H25NO2/c1-7-10(12(4,5)6)11(8-2,9-3)14-13/h10H,7-9H2,1-6H3/p+1. The normalized spacial score (nSPS) is 15.6. The molecule has 0 fully saturated rings. The molecule has 1 N–H and O–H groups in total. The molecule has 1 unspecified atom stereocenters. The molecule has 86 valence electrons. The summed E-state index contributed by atoms with van der Waals surface area (Å²) in [6.07, 6.45) is 2.69. The van der Waals surface area contributed by atoms with Gasteiger partial charge in [0.05, 0.1) is 21.1 Å². The van der Waals surface area contributed by atoms with Gasteiger partial charge >= 0.3 is 0 Å². The number of likely N-dealkylation sites (N-methyl/N-ethyl adjacent to an activating group) is 1. The highest BCUT2D eigenvalue weighted by Gasteiger charge is 2.44.